The third-order valence-corrected chi connectivity index (χ3v) is 2.89. The molecule has 0 aliphatic carbocycles. The summed E-state index contributed by atoms with van der Waals surface area (Å²) in [5.74, 6) is 0.257. The molecule has 3 nitrogen and oxygen atoms in total. The van der Waals surface area contributed by atoms with Crippen molar-refractivity contribution in [2.45, 2.75) is 6.61 Å². The first-order valence-corrected chi connectivity index (χ1v) is 6.13. The van der Waals surface area contributed by atoms with E-state index in [9.17, 15) is 4.79 Å². The number of rotatable bonds is 4. The Morgan fingerprint density at radius 2 is 1.95 bits per heavy atom. The van der Waals surface area contributed by atoms with Gasteiger partial charge >= 0.3 is 5.97 Å². The minimum absolute atomic E-state index is 0.342. The first-order valence-electron chi connectivity index (χ1n) is 5.75. The van der Waals surface area contributed by atoms with E-state index in [0.717, 1.165) is 5.56 Å². The third-order valence-electron chi connectivity index (χ3n) is 2.58. The monoisotopic (exact) mass is 276 g/mol. The van der Waals surface area contributed by atoms with Gasteiger partial charge in [-0.15, -0.1) is 0 Å². The summed E-state index contributed by atoms with van der Waals surface area (Å²) in [5, 5.41) is 0.562. The number of halogens is 1. The van der Waals surface area contributed by atoms with Crippen LogP contribution in [0.1, 0.15) is 15.9 Å². The van der Waals surface area contributed by atoms with E-state index in [1.54, 1.807) is 30.3 Å². The van der Waals surface area contributed by atoms with Gasteiger partial charge in [0.25, 0.3) is 0 Å². The third kappa shape index (κ3) is 3.48. The Bertz CT molecular complexity index is 581. The summed E-state index contributed by atoms with van der Waals surface area (Å²) in [6.07, 6.45) is 0. The Morgan fingerprint density at radius 3 is 2.68 bits per heavy atom. The molecule has 4 heteroatoms. The fraction of sp³-hybridized carbons (Fsp3) is 0.133. The molecular formula is C15H13ClO3. The van der Waals surface area contributed by atoms with Crippen molar-refractivity contribution in [1.29, 1.82) is 0 Å². The maximum absolute atomic E-state index is 11.4. The van der Waals surface area contributed by atoms with Crippen molar-refractivity contribution >= 4 is 17.6 Å². The van der Waals surface area contributed by atoms with E-state index in [-0.39, 0.29) is 5.97 Å². The van der Waals surface area contributed by atoms with Crippen LogP contribution < -0.4 is 4.74 Å². The molecule has 0 amide bonds. The zero-order chi connectivity index (χ0) is 13.7. The molecule has 0 aliphatic heterocycles. The van der Waals surface area contributed by atoms with Gasteiger partial charge in [-0.25, -0.2) is 4.79 Å². The van der Waals surface area contributed by atoms with Crippen LogP contribution in [-0.2, 0) is 11.3 Å². The van der Waals surface area contributed by atoms with E-state index >= 15 is 0 Å². The predicted molar refractivity (Wildman–Crippen MR) is 73.6 cm³/mol. The summed E-state index contributed by atoms with van der Waals surface area (Å²) in [6.45, 7) is 0.342. The Morgan fingerprint density at radius 1 is 1.16 bits per heavy atom. The van der Waals surface area contributed by atoms with Gasteiger partial charge in [-0.3, -0.25) is 0 Å². The highest BCUT2D eigenvalue weighted by molar-refractivity contribution is 6.32. The molecule has 0 spiro atoms. The maximum atomic E-state index is 11.4. The molecular weight excluding hydrogens is 264 g/mol. The lowest BCUT2D eigenvalue weighted by Gasteiger charge is -2.08. The lowest BCUT2D eigenvalue weighted by Crippen LogP contribution is -2.03. The van der Waals surface area contributed by atoms with Gasteiger partial charge in [-0.2, -0.15) is 0 Å². The first-order chi connectivity index (χ1) is 9.20. The van der Waals surface area contributed by atoms with Gasteiger partial charge in [0.15, 0.2) is 0 Å². The number of methoxy groups -OCH3 is 1. The summed E-state index contributed by atoms with van der Waals surface area (Å²) in [4.78, 5) is 11.4. The van der Waals surface area contributed by atoms with E-state index in [1.165, 1.54) is 7.11 Å². The number of ether oxygens (including phenoxy) is 2. The van der Waals surface area contributed by atoms with E-state index in [1.807, 2.05) is 18.2 Å². The number of benzene rings is 2. The SMILES string of the molecule is COC(=O)c1cccc(COc2ccccc2Cl)c1. The Balaban J connectivity index is 2.08. The van der Waals surface area contributed by atoms with Gasteiger partial charge < -0.3 is 9.47 Å². The van der Waals surface area contributed by atoms with Gasteiger partial charge in [0.05, 0.1) is 17.7 Å². The number of carbonyl (C=O) groups is 1. The fourth-order valence-electron chi connectivity index (χ4n) is 1.63. The number of hydrogen-bond acceptors (Lipinski definition) is 3. The van der Waals surface area contributed by atoms with Crippen molar-refractivity contribution in [3.05, 3.63) is 64.7 Å². The van der Waals surface area contributed by atoms with Crippen LogP contribution in [0.3, 0.4) is 0 Å². The van der Waals surface area contributed by atoms with Crippen LogP contribution >= 0.6 is 11.6 Å². The van der Waals surface area contributed by atoms with Crippen molar-refractivity contribution in [1.82, 2.24) is 0 Å². The highest BCUT2D eigenvalue weighted by atomic mass is 35.5. The van der Waals surface area contributed by atoms with Crippen LogP contribution in [0, 0.1) is 0 Å². The van der Waals surface area contributed by atoms with E-state index in [4.69, 9.17) is 16.3 Å². The van der Waals surface area contributed by atoms with Gasteiger partial charge in [0, 0.05) is 0 Å². The molecule has 19 heavy (non-hydrogen) atoms. The second kappa shape index (κ2) is 6.25. The van der Waals surface area contributed by atoms with Crippen molar-refractivity contribution < 1.29 is 14.3 Å². The smallest absolute Gasteiger partial charge is 0.337 e. The summed E-state index contributed by atoms with van der Waals surface area (Å²) < 4.78 is 10.3. The number of esters is 1. The molecule has 2 aromatic carbocycles. The molecule has 0 heterocycles. The van der Waals surface area contributed by atoms with Crippen LogP contribution in [0.5, 0.6) is 5.75 Å². The fourth-order valence-corrected chi connectivity index (χ4v) is 1.82. The molecule has 0 unspecified atom stereocenters. The molecule has 0 bridgehead atoms. The van der Waals surface area contributed by atoms with Gasteiger partial charge in [-0.1, -0.05) is 35.9 Å². The second-order valence-electron chi connectivity index (χ2n) is 3.91. The molecule has 2 aromatic rings. The van der Waals surface area contributed by atoms with Gasteiger partial charge in [-0.05, 0) is 29.8 Å². The van der Waals surface area contributed by atoms with Crippen LogP contribution in [0.2, 0.25) is 5.02 Å². The lowest BCUT2D eigenvalue weighted by molar-refractivity contribution is 0.0600. The normalized spacial score (nSPS) is 10.0. The summed E-state index contributed by atoms with van der Waals surface area (Å²) in [7, 11) is 1.36. The average Bonchev–Trinajstić information content (AvgIpc) is 2.46. The second-order valence-corrected chi connectivity index (χ2v) is 4.32. The summed E-state index contributed by atoms with van der Waals surface area (Å²) >= 11 is 6.00. The Kier molecular flexibility index (Phi) is 4.42. The highest BCUT2D eigenvalue weighted by Crippen LogP contribution is 2.24. The van der Waals surface area contributed by atoms with Gasteiger partial charge in [0.1, 0.15) is 12.4 Å². The number of para-hydroxylation sites is 1. The zero-order valence-electron chi connectivity index (χ0n) is 10.4. The van der Waals surface area contributed by atoms with Crippen LogP contribution in [0.4, 0.5) is 0 Å². The van der Waals surface area contributed by atoms with E-state index in [0.29, 0.717) is 22.9 Å². The van der Waals surface area contributed by atoms with Crippen molar-refractivity contribution in [3.63, 3.8) is 0 Å². The maximum Gasteiger partial charge on any atom is 0.337 e. The highest BCUT2D eigenvalue weighted by Gasteiger charge is 2.06. The van der Waals surface area contributed by atoms with Crippen molar-refractivity contribution in [2.75, 3.05) is 7.11 Å². The van der Waals surface area contributed by atoms with Crippen LogP contribution in [0.25, 0.3) is 0 Å². The molecule has 0 N–H and O–H groups in total. The predicted octanol–water partition coefficient (Wildman–Crippen LogP) is 3.71. The Labute approximate surface area is 116 Å². The molecule has 0 radical (unpaired) electrons. The quantitative estimate of drug-likeness (QED) is 0.799. The molecule has 0 aromatic heterocycles. The molecule has 2 rings (SSSR count). The summed E-state index contributed by atoms with van der Waals surface area (Å²) in [5.41, 5.74) is 1.38. The molecule has 0 atom stereocenters. The van der Waals surface area contributed by atoms with Crippen LogP contribution in [0.15, 0.2) is 48.5 Å². The zero-order valence-corrected chi connectivity index (χ0v) is 11.2. The first kappa shape index (κ1) is 13.4. The molecule has 0 aliphatic rings. The minimum Gasteiger partial charge on any atom is -0.487 e. The molecule has 98 valence electrons. The average molecular weight is 277 g/mol. The molecule has 0 fully saturated rings. The lowest BCUT2D eigenvalue weighted by atomic mass is 10.1. The molecule has 0 saturated carbocycles. The van der Waals surface area contributed by atoms with Crippen LogP contribution in [-0.4, -0.2) is 13.1 Å². The number of hydrogen-bond donors (Lipinski definition) is 0. The standard InChI is InChI=1S/C15H13ClO3/c1-18-15(17)12-6-4-5-11(9-12)10-19-14-8-3-2-7-13(14)16/h2-9H,10H2,1H3. The molecule has 0 saturated heterocycles. The van der Waals surface area contributed by atoms with Crippen molar-refractivity contribution in [3.8, 4) is 5.75 Å². The van der Waals surface area contributed by atoms with E-state index < -0.39 is 0 Å². The van der Waals surface area contributed by atoms with E-state index in [2.05, 4.69) is 4.74 Å². The number of carbonyl (C=O) groups excluding carboxylic acids is 1. The largest absolute Gasteiger partial charge is 0.487 e. The summed E-state index contributed by atoms with van der Waals surface area (Å²) in [6, 6.07) is 14.4. The van der Waals surface area contributed by atoms with Crippen molar-refractivity contribution in [2.24, 2.45) is 0 Å². The minimum atomic E-state index is -0.361. The Hall–Kier alpha value is -2.00. The topological polar surface area (TPSA) is 35.5 Å². The van der Waals surface area contributed by atoms with Gasteiger partial charge in [0.2, 0.25) is 0 Å².